The minimum atomic E-state index is -4.65. The molecule has 0 amide bonds. The maximum absolute atomic E-state index is 12.8. The monoisotopic (exact) mass is 380 g/mol. The van der Waals surface area contributed by atoms with E-state index in [1.54, 1.807) is 18.2 Å². The first-order chi connectivity index (χ1) is 10.8. The molecule has 0 spiro atoms. The highest BCUT2D eigenvalue weighted by atomic mass is 35.5. The van der Waals surface area contributed by atoms with E-state index in [1.807, 2.05) is 0 Å². The Morgan fingerprint density at radius 2 is 1.78 bits per heavy atom. The summed E-state index contributed by atoms with van der Waals surface area (Å²) >= 11 is 17.8. The normalized spacial score (nSPS) is 11.9. The fraction of sp³-hybridized carbons (Fsp3) is 0.0714. The van der Waals surface area contributed by atoms with Crippen molar-refractivity contribution in [2.45, 2.75) is 6.18 Å². The van der Waals surface area contributed by atoms with E-state index < -0.39 is 12.0 Å². The summed E-state index contributed by atoms with van der Waals surface area (Å²) in [6.07, 6.45) is -4.65. The number of rotatable bonds is 2. The Bertz CT molecular complexity index is 893. The standard InChI is InChI=1S/C14H6Cl3F3N2O/c15-6-2-1-3-7(4-6)23-12-9(17)5-8(16)10-11(12)22-13(21-10)14(18,19)20/h1-5H,(H,21,22). The van der Waals surface area contributed by atoms with E-state index in [0.717, 1.165) is 0 Å². The highest BCUT2D eigenvalue weighted by Gasteiger charge is 2.35. The molecule has 9 heteroatoms. The highest BCUT2D eigenvalue weighted by molar-refractivity contribution is 6.39. The predicted octanol–water partition coefficient (Wildman–Crippen LogP) is 6.33. The first kappa shape index (κ1) is 16.2. The van der Waals surface area contributed by atoms with Crippen LogP contribution >= 0.6 is 34.8 Å². The maximum atomic E-state index is 12.8. The van der Waals surface area contributed by atoms with Gasteiger partial charge in [-0.3, -0.25) is 0 Å². The second kappa shape index (κ2) is 5.78. The van der Waals surface area contributed by atoms with E-state index in [0.29, 0.717) is 10.8 Å². The van der Waals surface area contributed by atoms with Gasteiger partial charge in [-0.2, -0.15) is 13.2 Å². The molecule has 0 saturated carbocycles. The molecule has 23 heavy (non-hydrogen) atoms. The average Bonchev–Trinajstić information content (AvgIpc) is 2.89. The number of aromatic nitrogens is 2. The smallest absolute Gasteiger partial charge is 0.449 e. The number of hydrogen-bond acceptors (Lipinski definition) is 2. The molecule has 1 heterocycles. The highest BCUT2D eigenvalue weighted by Crippen LogP contribution is 2.41. The molecule has 0 aliphatic rings. The van der Waals surface area contributed by atoms with Gasteiger partial charge in [0.15, 0.2) is 5.75 Å². The molecule has 3 aromatic rings. The minimum Gasteiger partial charge on any atom is -0.453 e. The fourth-order valence-electron chi connectivity index (χ4n) is 1.96. The zero-order valence-corrected chi connectivity index (χ0v) is 13.3. The molecule has 0 fully saturated rings. The van der Waals surface area contributed by atoms with Gasteiger partial charge in [0.1, 0.15) is 16.8 Å². The summed E-state index contributed by atoms with van der Waals surface area (Å²) in [5, 5.41) is 0.430. The van der Waals surface area contributed by atoms with Gasteiger partial charge in [0, 0.05) is 5.02 Å². The third kappa shape index (κ3) is 3.20. The maximum Gasteiger partial charge on any atom is 0.449 e. The summed E-state index contributed by atoms with van der Waals surface area (Å²) in [5.41, 5.74) is -0.129. The van der Waals surface area contributed by atoms with Crippen LogP contribution < -0.4 is 4.74 Å². The molecule has 1 N–H and O–H groups in total. The summed E-state index contributed by atoms with van der Waals surface area (Å²) in [4.78, 5) is 5.62. The summed E-state index contributed by atoms with van der Waals surface area (Å²) in [6.45, 7) is 0. The Balaban J connectivity index is 2.17. The van der Waals surface area contributed by atoms with Crippen molar-refractivity contribution in [3.05, 3.63) is 51.2 Å². The number of benzene rings is 2. The van der Waals surface area contributed by atoms with Gasteiger partial charge in [-0.15, -0.1) is 0 Å². The number of hydrogen-bond donors (Lipinski definition) is 1. The van der Waals surface area contributed by atoms with E-state index in [4.69, 9.17) is 39.5 Å². The summed E-state index contributed by atoms with van der Waals surface area (Å²) in [6, 6.07) is 7.62. The number of ether oxygens (including phenoxy) is 1. The van der Waals surface area contributed by atoms with Crippen molar-refractivity contribution in [1.29, 1.82) is 0 Å². The molecule has 1 aromatic heterocycles. The van der Waals surface area contributed by atoms with Gasteiger partial charge in [-0.25, -0.2) is 4.98 Å². The Labute approximate surface area is 142 Å². The Morgan fingerprint density at radius 1 is 1.04 bits per heavy atom. The van der Waals surface area contributed by atoms with Crippen LogP contribution in [0.2, 0.25) is 15.1 Å². The molecule has 0 aliphatic heterocycles. The molecule has 0 radical (unpaired) electrons. The van der Waals surface area contributed by atoms with Crippen LogP contribution in [-0.2, 0) is 6.18 Å². The first-order valence-corrected chi connectivity index (χ1v) is 7.27. The van der Waals surface area contributed by atoms with Gasteiger partial charge in [-0.1, -0.05) is 40.9 Å². The van der Waals surface area contributed by atoms with Crippen LogP contribution in [0, 0.1) is 0 Å². The minimum absolute atomic E-state index is 0.0173. The van der Waals surface area contributed by atoms with Crippen LogP contribution in [0.15, 0.2) is 30.3 Å². The molecule has 0 bridgehead atoms. The number of nitrogens with zero attached hydrogens (tertiary/aromatic N) is 1. The van der Waals surface area contributed by atoms with Gasteiger partial charge in [0.2, 0.25) is 5.82 Å². The molecule has 3 nitrogen and oxygen atoms in total. The van der Waals surface area contributed by atoms with Crippen molar-refractivity contribution in [2.75, 3.05) is 0 Å². The van der Waals surface area contributed by atoms with E-state index in [1.165, 1.54) is 12.1 Å². The van der Waals surface area contributed by atoms with Gasteiger partial charge < -0.3 is 9.72 Å². The lowest BCUT2D eigenvalue weighted by Crippen LogP contribution is -2.06. The third-order valence-corrected chi connectivity index (χ3v) is 3.72. The molecule has 0 aliphatic carbocycles. The zero-order chi connectivity index (χ0) is 16.8. The summed E-state index contributed by atoms with van der Waals surface area (Å²) in [5.74, 6) is -0.893. The van der Waals surface area contributed by atoms with E-state index in [9.17, 15) is 13.2 Å². The number of imidazole rings is 1. The topological polar surface area (TPSA) is 37.9 Å². The quantitative estimate of drug-likeness (QED) is 0.563. The van der Waals surface area contributed by atoms with Crippen molar-refractivity contribution in [3.63, 3.8) is 0 Å². The zero-order valence-electron chi connectivity index (χ0n) is 11.0. The lowest BCUT2D eigenvalue weighted by molar-refractivity contribution is -0.144. The van der Waals surface area contributed by atoms with Crippen molar-refractivity contribution in [3.8, 4) is 11.5 Å². The van der Waals surface area contributed by atoms with Crippen LogP contribution in [0.1, 0.15) is 5.82 Å². The lowest BCUT2D eigenvalue weighted by atomic mass is 10.3. The molecule has 0 saturated heterocycles. The number of fused-ring (bicyclic) bond motifs is 1. The van der Waals surface area contributed by atoms with Gasteiger partial charge in [0.25, 0.3) is 0 Å². The van der Waals surface area contributed by atoms with E-state index in [2.05, 4.69) is 9.97 Å². The van der Waals surface area contributed by atoms with Gasteiger partial charge in [-0.05, 0) is 24.3 Å². The molecule has 120 valence electrons. The van der Waals surface area contributed by atoms with Crippen LogP contribution in [0.5, 0.6) is 11.5 Å². The molecular weight excluding hydrogens is 376 g/mol. The van der Waals surface area contributed by atoms with Crippen molar-refractivity contribution >= 4 is 45.8 Å². The summed E-state index contributed by atoms with van der Waals surface area (Å²) < 4.78 is 44.1. The molecular formula is C14H6Cl3F3N2O. The average molecular weight is 382 g/mol. The van der Waals surface area contributed by atoms with Crippen molar-refractivity contribution in [1.82, 2.24) is 9.97 Å². The van der Waals surface area contributed by atoms with Crippen LogP contribution in [0.3, 0.4) is 0 Å². The van der Waals surface area contributed by atoms with Crippen LogP contribution in [0.4, 0.5) is 13.2 Å². The van der Waals surface area contributed by atoms with Gasteiger partial charge >= 0.3 is 6.18 Å². The number of aromatic amines is 1. The van der Waals surface area contributed by atoms with Crippen molar-refractivity contribution < 1.29 is 17.9 Å². The number of nitrogens with one attached hydrogen (secondary N) is 1. The van der Waals surface area contributed by atoms with Crippen molar-refractivity contribution in [2.24, 2.45) is 0 Å². The predicted molar refractivity (Wildman–Crippen MR) is 82.6 cm³/mol. The largest absolute Gasteiger partial charge is 0.453 e. The lowest BCUT2D eigenvalue weighted by Gasteiger charge is -2.09. The second-order valence-corrected chi connectivity index (χ2v) is 5.79. The SMILES string of the molecule is FC(F)(F)c1nc2c(Cl)cc(Cl)c(Oc3cccc(Cl)c3)c2[nH]1. The first-order valence-electron chi connectivity index (χ1n) is 6.14. The number of H-pyrrole nitrogens is 1. The van der Waals surface area contributed by atoms with E-state index in [-0.39, 0.29) is 26.8 Å². The molecule has 0 unspecified atom stereocenters. The number of halogens is 6. The van der Waals surface area contributed by atoms with E-state index >= 15 is 0 Å². The summed E-state index contributed by atoms with van der Waals surface area (Å²) in [7, 11) is 0. The third-order valence-electron chi connectivity index (χ3n) is 2.91. The Kier molecular flexibility index (Phi) is 4.08. The second-order valence-electron chi connectivity index (χ2n) is 4.54. The molecule has 3 rings (SSSR count). The van der Waals surface area contributed by atoms with Crippen LogP contribution in [-0.4, -0.2) is 9.97 Å². The van der Waals surface area contributed by atoms with Crippen LogP contribution in [0.25, 0.3) is 11.0 Å². The fourth-order valence-corrected chi connectivity index (χ4v) is 2.68. The molecule has 2 aromatic carbocycles. The Morgan fingerprint density at radius 3 is 2.43 bits per heavy atom. The number of alkyl halides is 3. The van der Waals surface area contributed by atoms with Gasteiger partial charge in [0.05, 0.1) is 10.0 Å². The Hall–Kier alpha value is -1.63. The molecule has 0 atom stereocenters.